The van der Waals surface area contributed by atoms with Crippen molar-refractivity contribution in [1.29, 1.82) is 0 Å². The van der Waals surface area contributed by atoms with Crippen molar-refractivity contribution < 1.29 is 18.4 Å². The summed E-state index contributed by atoms with van der Waals surface area (Å²) in [5, 5.41) is 10.3. The molecule has 0 radical (unpaired) electrons. The lowest BCUT2D eigenvalue weighted by molar-refractivity contribution is -0.144. The fourth-order valence-corrected chi connectivity index (χ4v) is 6.43. The molecular formula is C25H18F2N4O3. The van der Waals surface area contributed by atoms with E-state index in [1.165, 1.54) is 23.1 Å². The van der Waals surface area contributed by atoms with E-state index in [0.29, 0.717) is 22.3 Å². The number of amides is 2. The van der Waals surface area contributed by atoms with E-state index in [9.17, 15) is 23.2 Å². The van der Waals surface area contributed by atoms with Crippen molar-refractivity contribution in [2.75, 3.05) is 5.32 Å². The zero-order valence-corrected chi connectivity index (χ0v) is 17.7. The van der Waals surface area contributed by atoms with E-state index in [0.717, 1.165) is 12.5 Å². The van der Waals surface area contributed by atoms with E-state index < -0.39 is 41.1 Å². The van der Waals surface area contributed by atoms with Gasteiger partial charge in [-0.1, -0.05) is 24.3 Å². The standard InChI is InChI=1S/C25H18F2N4O3/c26-13-5-3-10(4-6-13)20-22(31-24(33)17-11-1-2-12(7-11)18(17)25(31)34)21-19-15(23(32)30-29-21)8-14(27)9-16(19)28-20/h1-6,8-9,11-12,17-18,20,22,28H,7H2,(H,30,32). The molecule has 4 aliphatic rings. The zero-order chi connectivity index (χ0) is 23.3. The van der Waals surface area contributed by atoms with Gasteiger partial charge in [-0.3, -0.25) is 19.3 Å². The van der Waals surface area contributed by atoms with Gasteiger partial charge in [0.1, 0.15) is 17.7 Å². The number of carbonyl (C=O) groups excluding carboxylic acids is 2. The monoisotopic (exact) mass is 460 g/mol. The quantitative estimate of drug-likeness (QED) is 0.452. The van der Waals surface area contributed by atoms with Crippen LogP contribution in [0.1, 0.15) is 29.8 Å². The molecule has 1 aromatic heterocycles. The Labute approximate surface area is 191 Å². The molecule has 2 aliphatic carbocycles. The lowest BCUT2D eigenvalue weighted by Crippen LogP contribution is -2.43. The van der Waals surface area contributed by atoms with E-state index in [2.05, 4.69) is 15.5 Å². The van der Waals surface area contributed by atoms with Crippen LogP contribution in [0.2, 0.25) is 0 Å². The van der Waals surface area contributed by atoms with Crippen LogP contribution in [0.15, 0.2) is 53.3 Å². The number of benzene rings is 2. The topological polar surface area (TPSA) is 95.2 Å². The predicted molar refractivity (Wildman–Crippen MR) is 117 cm³/mol. The number of imide groups is 1. The Morgan fingerprint density at radius 3 is 2.26 bits per heavy atom. The number of fused-ring (bicyclic) bond motifs is 5. The van der Waals surface area contributed by atoms with Gasteiger partial charge in [-0.15, -0.1) is 0 Å². The van der Waals surface area contributed by atoms with E-state index in [4.69, 9.17) is 0 Å². The van der Waals surface area contributed by atoms with Crippen molar-refractivity contribution in [2.24, 2.45) is 23.7 Å². The highest BCUT2D eigenvalue weighted by Crippen LogP contribution is 2.56. The Kier molecular flexibility index (Phi) is 3.79. The summed E-state index contributed by atoms with van der Waals surface area (Å²) in [6, 6.07) is 6.46. The SMILES string of the molecule is O=C1C2C3C=CC(C3)C2C(=O)N1C1c2n[nH]c(=O)c3cc(F)cc(c23)NC1c1ccc(F)cc1. The molecule has 6 unspecified atom stereocenters. The molecule has 3 aromatic rings. The number of aromatic nitrogens is 2. The number of hydrogen-bond donors (Lipinski definition) is 2. The summed E-state index contributed by atoms with van der Waals surface area (Å²) in [6.45, 7) is 0. The number of hydrogen-bond acceptors (Lipinski definition) is 5. The van der Waals surface area contributed by atoms with Crippen LogP contribution in [-0.2, 0) is 9.59 Å². The van der Waals surface area contributed by atoms with Gasteiger partial charge >= 0.3 is 0 Å². The normalized spacial score (nSPS) is 30.8. The molecule has 0 spiro atoms. The Morgan fingerprint density at radius 2 is 1.59 bits per heavy atom. The van der Waals surface area contributed by atoms with Crippen LogP contribution >= 0.6 is 0 Å². The van der Waals surface area contributed by atoms with Gasteiger partial charge in [0.05, 0.1) is 29.0 Å². The Hall–Kier alpha value is -3.88. The minimum absolute atomic E-state index is 0.0298. The van der Waals surface area contributed by atoms with Crippen LogP contribution in [0.3, 0.4) is 0 Å². The lowest BCUT2D eigenvalue weighted by atomic mass is 9.85. The molecule has 7 nitrogen and oxygen atoms in total. The van der Waals surface area contributed by atoms with Crippen molar-refractivity contribution >= 4 is 28.3 Å². The molecule has 3 heterocycles. The molecule has 7 rings (SSSR count). The van der Waals surface area contributed by atoms with E-state index in [1.807, 2.05) is 12.2 Å². The fraction of sp³-hybridized carbons (Fsp3) is 0.280. The number of allylic oxidation sites excluding steroid dienone is 2. The molecule has 170 valence electrons. The molecule has 2 bridgehead atoms. The maximum absolute atomic E-state index is 14.4. The summed E-state index contributed by atoms with van der Waals surface area (Å²) >= 11 is 0. The number of rotatable bonds is 2. The van der Waals surface area contributed by atoms with E-state index in [1.54, 1.807) is 12.1 Å². The van der Waals surface area contributed by atoms with Crippen molar-refractivity contribution in [1.82, 2.24) is 15.1 Å². The number of carbonyl (C=O) groups is 2. The first kappa shape index (κ1) is 19.6. The number of H-pyrrole nitrogens is 1. The minimum Gasteiger partial charge on any atom is -0.375 e. The number of nitrogens with one attached hydrogen (secondary N) is 2. The summed E-state index contributed by atoms with van der Waals surface area (Å²) < 4.78 is 28.1. The highest BCUT2D eigenvalue weighted by Gasteiger charge is 2.62. The summed E-state index contributed by atoms with van der Waals surface area (Å²) in [7, 11) is 0. The van der Waals surface area contributed by atoms with Crippen molar-refractivity contribution in [3.05, 3.63) is 81.8 Å². The average molecular weight is 460 g/mol. The molecule has 1 saturated heterocycles. The minimum atomic E-state index is -0.896. The lowest BCUT2D eigenvalue weighted by Gasteiger charge is -2.39. The number of anilines is 1. The van der Waals surface area contributed by atoms with Gasteiger partial charge in [-0.05, 0) is 48.1 Å². The molecule has 2 fully saturated rings. The van der Waals surface area contributed by atoms with Crippen molar-refractivity contribution in [2.45, 2.75) is 18.5 Å². The number of halogens is 2. The summed E-state index contributed by atoms with van der Waals surface area (Å²) in [4.78, 5) is 41.1. The fourth-order valence-electron chi connectivity index (χ4n) is 6.43. The number of aromatic amines is 1. The predicted octanol–water partition coefficient (Wildman–Crippen LogP) is 3.22. The van der Waals surface area contributed by atoms with E-state index in [-0.39, 0.29) is 29.0 Å². The van der Waals surface area contributed by atoms with Crippen LogP contribution in [0.5, 0.6) is 0 Å². The number of nitrogens with zero attached hydrogens (tertiary/aromatic N) is 2. The van der Waals surface area contributed by atoms with Crippen LogP contribution in [-0.4, -0.2) is 26.9 Å². The molecule has 9 heteroatoms. The average Bonchev–Trinajstić information content (AvgIpc) is 3.50. The van der Waals surface area contributed by atoms with Crippen LogP contribution in [0, 0.1) is 35.3 Å². The first-order chi connectivity index (χ1) is 16.4. The van der Waals surface area contributed by atoms with Gasteiger partial charge in [-0.2, -0.15) is 5.10 Å². The second kappa shape index (κ2) is 6.59. The Bertz CT molecular complexity index is 1470. The second-order valence-corrected chi connectivity index (χ2v) is 9.48. The molecule has 2 aliphatic heterocycles. The third-order valence-corrected chi connectivity index (χ3v) is 7.80. The third kappa shape index (κ3) is 2.44. The van der Waals surface area contributed by atoms with Gasteiger partial charge in [0.25, 0.3) is 5.56 Å². The number of likely N-dealkylation sites (tertiary alicyclic amines) is 1. The van der Waals surface area contributed by atoms with Crippen LogP contribution in [0.25, 0.3) is 10.8 Å². The summed E-state index contributed by atoms with van der Waals surface area (Å²) in [5.41, 5.74) is 0.662. The van der Waals surface area contributed by atoms with Gasteiger partial charge in [0.2, 0.25) is 11.8 Å². The molecule has 34 heavy (non-hydrogen) atoms. The molecule has 6 atom stereocenters. The summed E-state index contributed by atoms with van der Waals surface area (Å²) in [5.74, 6) is -2.34. The third-order valence-electron chi connectivity index (χ3n) is 7.80. The van der Waals surface area contributed by atoms with Gasteiger partial charge in [0, 0.05) is 11.1 Å². The Morgan fingerprint density at radius 1 is 0.912 bits per heavy atom. The molecular weight excluding hydrogens is 442 g/mol. The maximum Gasteiger partial charge on any atom is 0.272 e. The maximum atomic E-state index is 14.4. The molecule has 2 N–H and O–H groups in total. The van der Waals surface area contributed by atoms with Crippen molar-refractivity contribution in [3.63, 3.8) is 0 Å². The first-order valence-electron chi connectivity index (χ1n) is 11.2. The van der Waals surface area contributed by atoms with Crippen LogP contribution in [0.4, 0.5) is 14.5 Å². The molecule has 2 aromatic carbocycles. The largest absolute Gasteiger partial charge is 0.375 e. The second-order valence-electron chi connectivity index (χ2n) is 9.48. The smallest absolute Gasteiger partial charge is 0.272 e. The molecule has 1 saturated carbocycles. The van der Waals surface area contributed by atoms with Gasteiger partial charge in [-0.25, -0.2) is 13.9 Å². The van der Waals surface area contributed by atoms with Gasteiger partial charge < -0.3 is 5.32 Å². The van der Waals surface area contributed by atoms with Crippen molar-refractivity contribution in [3.8, 4) is 0 Å². The zero-order valence-electron chi connectivity index (χ0n) is 17.7. The highest BCUT2D eigenvalue weighted by molar-refractivity contribution is 6.08. The van der Waals surface area contributed by atoms with Gasteiger partial charge in [0.15, 0.2) is 0 Å². The first-order valence-corrected chi connectivity index (χ1v) is 11.2. The van der Waals surface area contributed by atoms with Crippen LogP contribution < -0.4 is 10.9 Å². The van der Waals surface area contributed by atoms with E-state index >= 15 is 0 Å². The summed E-state index contributed by atoms with van der Waals surface area (Å²) in [6.07, 6.45) is 4.84. The highest BCUT2D eigenvalue weighted by atomic mass is 19.1. The molecule has 2 amide bonds. The Balaban J connectivity index is 1.45.